The van der Waals surface area contributed by atoms with Gasteiger partial charge in [-0.2, -0.15) is 5.26 Å². The zero-order valence-corrected chi connectivity index (χ0v) is 12.2. The average Bonchev–Trinajstić information content (AvgIpc) is 2.50. The Hall–Kier alpha value is -2.80. The van der Waals surface area contributed by atoms with Crippen LogP contribution in [0.25, 0.3) is 0 Å². The van der Waals surface area contributed by atoms with Crippen LogP contribution < -0.4 is 10.1 Å². The summed E-state index contributed by atoms with van der Waals surface area (Å²) in [5.74, 6) is 0.270. The molecular weight excluding hydrogens is 264 g/mol. The molecular formula is C17H16N2O2. The quantitative estimate of drug-likeness (QED) is 0.936. The number of amides is 1. The van der Waals surface area contributed by atoms with Crippen molar-refractivity contribution in [3.05, 3.63) is 58.7 Å². The van der Waals surface area contributed by atoms with E-state index in [-0.39, 0.29) is 5.91 Å². The number of hydrogen-bond acceptors (Lipinski definition) is 3. The molecule has 0 spiro atoms. The first-order valence-corrected chi connectivity index (χ1v) is 6.52. The lowest BCUT2D eigenvalue weighted by molar-refractivity contribution is 0.102. The van der Waals surface area contributed by atoms with E-state index in [0.717, 1.165) is 11.1 Å². The number of nitrogens with one attached hydrogen (secondary N) is 1. The Bertz CT molecular complexity index is 730. The van der Waals surface area contributed by atoms with Crippen LogP contribution in [-0.4, -0.2) is 13.0 Å². The van der Waals surface area contributed by atoms with Gasteiger partial charge in [-0.05, 0) is 43.2 Å². The van der Waals surface area contributed by atoms with Gasteiger partial charge in [-0.1, -0.05) is 12.1 Å². The van der Waals surface area contributed by atoms with E-state index in [2.05, 4.69) is 5.32 Å². The summed E-state index contributed by atoms with van der Waals surface area (Å²) in [7, 11) is 1.50. The molecule has 0 atom stereocenters. The third kappa shape index (κ3) is 3.03. The van der Waals surface area contributed by atoms with Crippen LogP contribution in [-0.2, 0) is 0 Å². The van der Waals surface area contributed by atoms with Crippen molar-refractivity contribution in [2.45, 2.75) is 13.8 Å². The van der Waals surface area contributed by atoms with E-state index < -0.39 is 0 Å². The lowest BCUT2D eigenvalue weighted by Gasteiger charge is -2.12. The molecule has 2 rings (SSSR count). The fraction of sp³-hybridized carbons (Fsp3) is 0.176. The summed E-state index contributed by atoms with van der Waals surface area (Å²) in [6.45, 7) is 3.88. The van der Waals surface area contributed by atoms with Crippen LogP contribution >= 0.6 is 0 Å². The molecule has 2 aromatic carbocycles. The highest BCUT2D eigenvalue weighted by Gasteiger charge is 2.13. The number of nitrogens with zero attached hydrogens (tertiary/aromatic N) is 1. The highest BCUT2D eigenvalue weighted by molar-refractivity contribution is 6.06. The second-order valence-electron chi connectivity index (χ2n) is 4.73. The number of benzene rings is 2. The Balaban J connectivity index is 2.32. The minimum atomic E-state index is -0.195. The Morgan fingerprint density at radius 2 is 2.00 bits per heavy atom. The molecule has 2 aromatic rings. The van der Waals surface area contributed by atoms with Crippen molar-refractivity contribution in [2.24, 2.45) is 0 Å². The van der Waals surface area contributed by atoms with Crippen LogP contribution in [0.5, 0.6) is 5.75 Å². The summed E-state index contributed by atoms with van der Waals surface area (Å²) >= 11 is 0. The van der Waals surface area contributed by atoms with Crippen LogP contribution in [0, 0.1) is 25.2 Å². The lowest BCUT2D eigenvalue weighted by Crippen LogP contribution is -2.14. The summed E-state index contributed by atoms with van der Waals surface area (Å²) < 4.78 is 5.21. The van der Waals surface area contributed by atoms with Crippen molar-refractivity contribution in [1.29, 1.82) is 5.26 Å². The van der Waals surface area contributed by atoms with Crippen molar-refractivity contribution in [2.75, 3.05) is 12.4 Å². The summed E-state index contributed by atoms with van der Waals surface area (Å²) in [6, 6.07) is 12.5. The van der Waals surface area contributed by atoms with Crippen LogP contribution in [0.15, 0.2) is 36.4 Å². The van der Waals surface area contributed by atoms with E-state index in [0.29, 0.717) is 22.6 Å². The number of carbonyl (C=O) groups is 1. The van der Waals surface area contributed by atoms with Gasteiger partial charge in [-0.25, -0.2) is 0 Å². The molecule has 1 amide bonds. The normalized spacial score (nSPS) is 9.81. The molecule has 0 saturated carbocycles. The molecule has 0 unspecified atom stereocenters. The number of ether oxygens (including phenoxy) is 1. The highest BCUT2D eigenvalue weighted by Crippen LogP contribution is 2.26. The molecule has 0 saturated heterocycles. The topological polar surface area (TPSA) is 62.1 Å². The SMILES string of the molecule is COc1cc(C#N)ccc1NC(=O)c1cccc(C)c1C. The van der Waals surface area contributed by atoms with Gasteiger partial charge in [0, 0.05) is 11.6 Å². The molecule has 0 aromatic heterocycles. The molecule has 21 heavy (non-hydrogen) atoms. The molecule has 4 nitrogen and oxygen atoms in total. The van der Waals surface area contributed by atoms with Gasteiger partial charge in [0.15, 0.2) is 0 Å². The van der Waals surface area contributed by atoms with Gasteiger partial charge >= 0.3 is 0 Å². The van der Waals surface area contributed by atoms with Gasteiger partial charge in [-0.15, -0.1) is 0 Å². The first kappa shape index (κ1) is 14.6. The molecule has 0 aliphatic carbocycles. The van der Waals surface area contributed by atoms with Gasteiger partial charge in [0.2, 0.25) is 0 Å². The first-order chi connectivity index (χ1) is 10.1. The molecule has 1 N–H and O–H groups in total. The van der Waals surface area contributed by atoms with Gasteiger partial charge in [0.1, 0.15) is 5.75 Å². The first-order valence-electron chi connectivity index (χ1n) is 6.52. The molecule has 0 aliphatic rings. The van der Waals surface area contributed by atoms with Crippen molar-refractivity contribution < 1.29 is 9.53 Å². The van der Waals surface area contributed by atoms with Crippen LogP contribution in [0.3, 0.4) is 0 Å². The third-order valence-corrected chi connectivity index (χ3v) is 3.43. The van der Waals surface area contributed by atoms with Crippen molar-refractivity contribution in [1.82, 2.24) is 0 Å². The van der Waals surface area contributed by atoms with Crippen LogP contribution in [0.4, 0.5) is 5.69 Å². The molecule has 0 aliphatic heterocycles. The van der Waals surface area contributed by atoms with Crippen molar-refractivity contribution in [3.8, 4) is 11.8 Å². The van der Waals surface area contributed by atoms with Gasteiger partial charge < -0.3 is 10.1 Å². The van der Waals surface area contributed by atoms with Crippen molar-refractivity contribution >= 4 is 11.6 Å². The molecule has 0 fully saturated rings. The van der Waals surface area contributed by atoms with E-state index in [1.807, 2.05) is 32.0 Å². The fourth-order valence-corrected chi connectivity index (χ4v) is 2.05. The maximum Gasteiger partial charge on any atom is 0.256 e. The summed E-state index contributed by atoms with van der Waals surface area (Å²) in [5.41, 5.74) is 3.66. The number of rotatable bonds is 3. The Morgan fingerprint density at radius 1 is 1.24 bits per heavy atom. The minimum absolute atomic E-state index is 0.195. The number of aryl methyl sites for hydroxylation is 1. The molecule has 4 heteroatoms. The summed E-state index contributed by atoms with van der Waals surface area (Å²) in [6.07, 6.45) is 0. The number of methoxy groups -OCH3 is 1. The van der Waals surface area contributed by atoms with Gasteiger partial charge in [0.25, 0.3) is 5.91 Å². The number of carbonyl (C=O) groups excluding carboxylic acids is 1. The molecule has 0 heterocycles. The zero-order chi connectivity index (χ0) is 15.4. The predicted octanol–water partition coefficient (Wildman–Crippen LogP) is 3.44. The second-order valence-corrected chi connectivity index (χ2v) is 4.73. The fourth-order valence-electron chi connectivity index (χ4n) is 2.05. The standard InChI is InChI=1S/C17H16N2O2/c1-11-5-4-6-14(12(11)2)17(20)19-15-8-7-13(10-18)9-16(15)21-3/h4-9H,1-3H3,(H,19,20). The predicted molar refractivity (Wildman–Crippen MR) is 81.6 cm³/mol. The Labute approximate surface area is 124 Å². The summed E-state index contributed by atoms with van der Waals surface area (Å²) in [5, 5.41) is 11.7. The van der Waals surface area contributed by atoms with Gasteiger partial charge in [-0.3, -0.25) is 4.79 Å². The zero-order valence-electron chi connectivity index (χ0n) is 12.2. The molecule has 106 valence electrons. The summed E-state index contributed by atoms with van der Waals surface area (Å²) in [4.78, 5) is 12.4. The lowest BCUT2D eigenvalue weighted by atomic mass is 10.0. The van der Waals surface area contributed by atoms with E-state index in [1.54, 1.807) is 24.3 Å². The minimum Gasteiger partial charge on any atom is -0.495 e. The molecule has 0 bridgehead atoms. The van der Waals surface area contributed by atoms with E-state index >= 15 is 0 Å². The monoisotopic (exact) mass is 280 g/mol. The smallest absolute Gasteiger partial charge is 0.256 e. The van der Waals surface area contributed by atoms with E-state index in [4.69, 9.17) is 10.00 Å². The Kier molecular flexibility index (Phi) is 4.24. The second kappa shape index (κ2) is 6.10. The van der Waals surface area contributed by atoms with E-state index in [9.17, 15) is 4.79 Å². The maximum absolute atomic E-state index is 12.4. The number of anilines is 1. The van der Waals surface area contributed by atoms with Crippen molar-refractivity contribution in [3.63, 3.8) is 0 Å². The number of hydrogen-bond donors (Lipinski definition) is 1. The number of nitriles is 1. The molecule has 0 radical (unpaired) electrons. The van der Waals surface area contributed by atoms with Crippen LogP contribution in [0.1, 0.15) is 27.0 Å². The average molecular weight is 280 g/mol. The largest absolute Gasteiger partial charge is 0.495 e. The van der Waals surface area contributed by atoms with Gasteiger partial charge in [0.05, 0.1) is 24.4 Å². The third-order valence-electron chi connectivity index (χ3n) is 3.43. The maximum atomic E-state index is 12.4. The highest BCUT2D eigenvalue weighted by atomic mass is 16.5. The Morgan fingerprint density at radius 3 is 2.67 bits per heavy atom. The van der Waals surface area contributed by atoms with Crippen LogP contribution in [0.2, 0.25) is 0 Å². The van der Waals surface area contributed by atoms with E-state index in [1.165, 1.54) is 7.11 Å².